The quantitative estimate of drug-likeness (QED) is 0.332. The molecule has 0 saturated heterocycles. The molecule has 1 aliphatic carbocycles. The van der Waals surface area contributed by atoms with Gasteiger partial charge in [0.05, 0.1) is 0 Å². The molecule has 154 valence electrons. The molecule has 2 aromatic carbocycles. The van der Waals surface area contributed by atoms with E-state index >= 15 is 0 Å². The van der Waals surface area contributed by atoms with Gasteiger partial charge in [-0.1, -0.05) is 46.7 Å². The Kier molecular flexibility index (Phi) is 5.44. The number of hydrogen-bond donors (Lipinski definition) is 0. The van der Waals surface area contributed by atoms with E-state index in [0.29, 0.717) is 33.8 Å². The molecule has 0 spiro atoms. The smallest absolute Gasteiger partial charge is 0.227 e. The van der Waals surface area contributed by atoms with Gasteiger partial charge in [0.15, 0.2) is 5.09 Å². The number of allylic oxidation sites excluding steroid dienone is 4. The molecular formula is C23H15ClFN3O2S. The van der Waals surface area contributed by atoms with Gasteiger partial charge in [-0.25, -0.2) is 9.37 Å². The fourth-order valence-corrected chi connectivity index (χ4v) is 4.27. The molecule has 0 saturated carbocycles. The van der Waals surface area contributed by atoms with Crippen molar-refractivity contribution in [2.45, 2.75) is 22.3 Å². The largest absolute Gasteiger partial charge is 0.429 e. The Bertz CT molecular complexity index is 1250. The Morgan fingerprint density at radius 1 is 1.06 bits per heavy atom. The average Bonchev–Trinajstić information content (AvgIpc) is 3.47. The monoisotopic (exact) mass is 451 g/mol. The molecule has 0 fully saturated rings. The van der Waals surface area contributed by atoms with Crippen LogP contribution in [0.15, 0.2) is 92.1 Å². The maximum Gasteiger partial charge on any atom is 0.227 e. The van der Waals surface area contributed by atoms with E-state index in [9.17, 15) is 4.39 Å². The first-order chi connectivity index (χ1) is 15.2. The standard InChI is InChI=1S/C23H15ClFN3O2S/c24-17-7-11-19(12-8-17)31-23-20(27-22(30-23)16-5-9-18(25)10-6-16)14-1-3-15(4-2-14)21-26-13-29-28-21/h1,3-14H,2H2. The van der Waals surface area contributed by atoms with Crippen molar-refractivity contribution in [2.24, 2.45) is 0 Å². The SMILES string of the molecule is Fc1ccc(-c2nc(C3C=CC(c4ncon4)=CC3)c(Sc3ccc(Cl)cc3)o2)cc1. The Morgan fingerprint density at radius 2 is 1.87 bits per heavy atom. The van der Waals surface area contributed by atoms with Crippen LogP contribution < -0.4 is 0 Å². The van der Waals surface area contributed by atoms with Crippen molar-refractivity contribution in [2.75, 3.05) is 0 Å². The second-order valence-corrected chi connectivity index (χ2v) is 8.35. The van der Waals surface area contributed by atoms with Crippen LogP contribution in [0.25, 0.3) is 17.0 Å². The lowest BCUT2D eigenvalue weighted by Crippen LogP contribution is -2.01. The first kappa shape index (κ1) is 19.8. The van der Waals surface area contributed by atoms with Crippen LogP contribution in [0.3, 0.4) is 0 Å². The number of hydrogen-bond acceptors (Lipinski definition) is 6. The first-order valence-electron chi connectivity index (χ1n) is 9.51. The molecule has 5 nitrogen and oxygen atoms in total. The Labute approximate surface area is 186 Å². The minimum atomic E-state index is -0.305. The minimum absolute atomic E-state index is 0.0170. The van der Waals surface area contributed by atoms with Crippen molar-refractivity contribution in [1.82, 2.24) is 15.1 Å². The summed E-state index contributed by atoms with van der Waals surface area (Å²) in [5, 5.41) is 5.24. The van der Waals surface area contributed by atoms with Crippen molar-refractivity contribution >= 4 is 28.9 Å². The second kappa shape index (κ2) is 8.53. The molecule has 0 bridgehead atoms. The lowest BCUT2D eigenvalue weighted by molar-refractivity contribution is 0.415. The molecule has 0 N–H and O–H groups in total. The summed E-state index contributed by atoms with van der Waals surface area (Å²) in [6.45, 7) is 0. The van der Waals surface area contributed by atoms with Gasteiger partial charge >= 0.3 is 0 Å². The number of rotatable bonds is 5. The molecule has 0 radical (unpaired) electrons. The van der Waals surface area contributed by atoms with E-state index in [2.05, 4.69) is 22.3 Å². The number of halogens is 2. The minimum Gasteiger partial charge on any atom is -0.429 e. The van der Waals surface area contributed by atoms with E-state index in [0.717, 1.165) is 16.2 Å². The van der Waals surface area contributed by atoms with Crippen molar-refractivity contribution in [1.29, 1.82) is 0 Å². The highest BCUT2D eigenvalue weighted by Crippen LogP contribution is 2.40. The van der Waals surface area contributed by atoms with Gasteiger partial charge in [-0.3, -0.25) is 0 Å². The van der Waals surface area contributed by atoms with Crippen molar-refractivity contribution in [3.05, 3.63) is 95.5 Å². The molecule has 1 aliphatic rings. The summed E-state index contributed by atoms with van der Waals surface area (Å²) in [6, 6.07) is 13.6. The van der Waals surface area contributed by atoms with E-state index in [4.69, 9.17) is 25.5 Å². The molecule has 0 amide bonds. The van der Waals surface area contributed by atoms with Crippen LogP contribution >= 0.6 is 23.4 Å². The lowest BCUT2D eigenvalue weighted by Gasteiger charge is -2.13. The molecule has 0 aliphatic heterocycles. The van der Waals surface area contributed by atoms with E-state index in [1.54, 1.807) is 12.1 Å². The van der Waals surface area contributed by atoms with Crippen molar-refractivity contribution in [3.8, 4) is 11.5 Å². The van der Waals surface area contributed by atoms with Crippen LogP contribution in [-0.4, -0.2) is 15.1 Å². The molecule has 31 heavy (non-hydrogen) atoms. The van der Waals surface area contributed by atoms with Crippen LogP contribution in [0.4, 0.5) is 4.39 Å². The van der Waals surface area contributed by atoms with Gasteiger partial charge < -0.3 is 8.94 Å². The molecule has 1 atom stereocenters. The summed E-state index contributed by atoms with van der Waals surface area (Å²) < 4.78 is 24.3. The van der Waals surface area contributed by atoms with Crippen LogP contribution in [-0.2, 0) is 0 Å². The number of benzene rings is 2. The topological polar surface area (TPSA) is 65.0 Å². The zero-order chi connectivity index (χ0) is 21.2. The predicted octanol–water partition coefficient (Wildman–Crippen LogP) is 6.80. The van der Waals surface area contributed by atoms with Crippen LogP contribution in [0.2, 0.25) is 5.02 Å². The fraction of sp³-hybridized carbons (Fsp3) is 0.0870. The van der Waals surface area contributed by atoms with Gasteiger partial charge in [0.25, 0.3) is 0 Å². The van der Waals surface area contributed by atoms with Gasteiger partial charge in [-0.05, 0) is 55.0 Å². The summed E-state index contributed by atoms with van der Waals surface area (Å²) >= 11 is 7.49. The van der Waals surface area contributed by atoms with Crippen molar-refractivity contribution in [3.63, 3.8) is 0 Å². The summed E-state index contributed by atoms with van der Waals surface area (Å²) in [6.07, 6.45) is 8.10. The molecule has 2 heterocycles. The maximum absolute atomic E-state index is 13.4. The Morgan fingerprint density at radius 3 is 2.55 bits per heavy atom. The molecule has 5 rings (SSSR count). The highest BCUT2D eigenvalue weighted by atomic mass is 35.5. The van der Waals surface area contributed by atoms with Crippen LogP contribution in [0, 0.1) is 5.82 Å². The molecule has 2 aromatic heterocycles. The van der Waals surface area contributed by atoms with Gasteiger partial charge in [0, 0.05) is 27.0 Å². The molecule has 4 aromatic rings. The molecule has 1 unspecified atom stereocenters. The number of nitrogens with zero attached hydrogens (tertiary/aromatic N) is 3. The van der Waals surface area contributed by atoms with Gasteiger partial charge in [-0.15, -0.1) is 0 Å². The van der Waals surface area contributed by atoms with E-state index in [1.165, 1.54) is 30.3 Å². The normalized spacial score (nSPS) is 15.8. The fourth-order valence-electron chi connectivity index (χ4n) is 3.24. The summed E-state index contributed by atoms with van der Waals surface area (Å²) in [5.41, 5.74) is 2.44. The number of oxazole rings is 1. The zero-order valence-corrected chi connectivity index (χ0v) is 17.6. The molecule has 8 heteroatoms. The lowest BCUT2D eigenvalue weighted by atomic mass is 9.94. The van der Waals surface area contributed by atoms with Crippen molar-refractivity contribution < 1.29 is 13.3 Å². The highest BCUT2D eigenvalue weighted by molar-refractivity contribution is 7.99. The first-order valence-corrected chi connectivity index (χ1v) is 10.7. The Balaban J connectivity index is 1.48. The second-order valence-electron chi connectivity index (χ2n) is 6.87. The summed E-state index contributed by atoms with van der Waals surface area (Å²) in [7, 11) is 0. The van der Waals surface area contributed by atoms with Gasteiger partial charge in [0.1, 0.15) is 11.5 Å². The van der Waals surface area contributed by atoms with Crippen LogP contribution in [0.5, 0.6) is 0 Å². The number of aromatic nitrogens is 3. The average molecular weight is 452 g/mol. The van der Waals surface area contributed by atoms with Gasteiger partial charge in [-0.2, -0.15) is 4.98 Å². The Hall–Kier alpha value is -3.16. The van der Waals surface area contributed by atoms with Crippen LogP contribution in [0.1, 0.15) is 23.9 Å². The summed E-state index contributed by atoms with van der Waals surface area (Å²) in [4.78, 5) is 9.84. The van der Waals surface area contributed by atoms with E-state index in [-0.39, 0.29) is 11.7 Å². The van der Waals surface area contributed by atoms with E-state index < -0.39 is 0 Å². The third-order valence-electron chi connectivity index (χ3n) is 4.81. The molecular weight excluding hydrogens is 437 g/mol. The van der Waals surface area contributed by atoms with E-state index in [1.807, 2.05) is 30.3 Å². The highest BCUT2D eigenvalue weighted by Gasteiger charge is 2.24. The maximum atomic E-state index is 13.4. The third-order valence-corrected chi connectivity index (χ3v) is 6.04. The zero-order valence-electron chi connectivity index (χ0n) is 16.0. The third kappa shape index (κ3) is 4.33. The van der Waals surface area contributed by atoms with Gasteiger partial charge in [0.2, 0.25) is 18.1 Å². The summed E-state index contributed by atoms with van der Waals surface area (Å²) in [5.74, 6) is 0.717. The predicted molar refractivity (Wildman–Crippen MR) is 116 cm³/mol.